The molecule has 2 aromatic heterocycles. The minimum Gasteiger partial charge on any atom is -0.435 e. The van der Waals surface area contributed by atoms with Crippen LogP contribution < -0.4 is 16.6 Å². The van der Waals surface area contributed by atoms with Crippen LogP contribution in [0, 0.1) is 0 Å². The van der Waals surface area contributed by atoms with Gasteiger partial charge in [-0.2, -0.15) is 5.10 Å². The zero-order valence-corrected chi connectivity index (χ0v) is 8.65. The fourth-order valence-electron chi connectivity index (χ4n) is 1.10. The molecule has 2 heterocycles. The molecule has 0 saturated heterocycles. The molecule has 2 N–H and O–H groups in total. The highest BCUT2D eigenvalue weighted by molar-refractivity contribution is 5.94. The number of nitrogens with zero attached hydrogens (tertiary/aromatic N) is 4. The molecule has 0 aliphatic carbocycles. The number of pyridine rings is 1. The molecule has 2 aromatic rings. The summed E-state index contributed by atoms with van der Waals surface area (Å²) in [4.78, 5) is 14.9. The van der Waals surface area contributed by atoms with Gasteiger partial charge in [0.15, 0.2) is 0 Å². The maximum atomic E-state index is 11.1. The van der Waals surface area contributed by atoms with Crippen molar-refractivity contribution in [2.45, 2.75) is 0 Å². The van der Waals surface area contributed by atoms with Crippen LogP contribution >= 0.6 is 0 Å². The summed E-state index contributed by atoms with van der Waals surface area (Å²) < 4.78 is 5.33. The second kappa shape index (κ2) is 5.52. The number of carbonyl (C=O) groups excluding carboxylic acids is 1. The van der Waals surface area contributed by atoms with E-state index >= 15 is 0 Å². The minimum atomic E-state index is -0.617. The molecular formula is C10H8N5O2. The number of hydrogen-bond acceptors (Lipinski definition) is 5. The third kappa shape index (κ3) is 2.95. The monoisotopic (exact) mass is 230 g/mol. The van der Waals surface area contributed by atoms with Crippen LogP contribution in [0.4, 0.5) is 0 Å². The van der Waals surface area contributed by atoms with E-state index in [0.717, 1.165) is 0 Å². The number of ether oxygens (including phenoxy) is 1. The number of aromatic nitrogens is 3. The van der Waals surface area contributed by atoms with E-state index in [1.807, 2.05) is 0 Å². The van der Waals surface area contributed by atoms with Crippen molar-refractivity contribution in [2.75, 3.05) is 0 Å². The van der Waals surface area contributed by atoms with Gasteiger partial charge in [-0.25, -0.2) is 0 Å². The standard InChI is InChI=1S/C10H8N4O2.N/c11-9(15)8-3-5-13-14-10(8)16-7-2-1-4-12-6-7;/h1-6H,(H2,11,15);. The highest BCUT2D eigenvalue weighted by Gasteiger charge is 2.11. The molecule has 0 aromatic carbocycles. The van der Waals surface area contributed by atoms with Gasteiger partial charge in [0.1, 0.15) is 11.3 Å². The Morgan fingerprint density at radius 2 is 2.12 bits per heavy atom. The summed E-state index contributed by atoms with van der Waals surface area (Å²) in [7, 11) is 0. The molecule has 0 atom stereocenters. The summed E-state index contributed by atoms with van der Waals surface area (Å²) in [5.41, 5.74) is 5.35. The molecule has 0 saturated carbocycles. The molecule has 0 unspecified atom stereocenters. The number of hydrogen-bond donors (Lipinski definition) is 1. The van der Waals surface area contributed by atoms with E-state index in [4.69, 9.17) is 10.5 Å². The van der Waals surface area contributed by atoms with Crippen LogP contribution in [0.25, 0.3) is 0 Å². The molecule has 0 fully saturated rings. The number of nitrogens with two attached hydrogens (primary N) is 1. The number of carbonyl (C=O) groups is 1. The van der Waals surface area contributed by atoms with Crippen molar-refractivity contribution in [3.63, 3.8) is 0 Å². The lowest BCUT2D eigenvalue weighted by Crippen LogP contribution is -2.13. The van der Waals surface area contributed by atoms with Crippen LogP contribution in [0.2, 0.25) is 0 Å². The number of rotatable bonds is 3. The van der Waals surface area contributed by atoms with Gasteiger partial charge in [-0.05, 0) is 18.2 Å². The molecular weight excluding hydrogens is 222 g/mol. The zero-order valence-electron chi connectivity index (χ0n) is 8.65. The summed E-state index contributed by atoms with van der Waals surface area (Å²) in [6.45, 7) is 0. The van der Waals surface area contributed by atoms with Gasteiger partial charge in [-0.1, -0.05) is 0 Å². The first kappa shape index (κ1) is 12.5. The highest BCUT2D eigenvalue weighted by Crippen LogP contribution is 2.20. The van der Waals surface area contributed by atoms with Crippen molar-refractivity contribution >= 4 is 5.91 Å². The van der Waals surface area contributed by atoms with Crippen molar-refractivity contribution in [3.05, 3.63) is 42.4 Å². The highest BCUT2D eigenvalue weighted by atomic mass is 16.5. The smallest absolute Gasteiger partial charge is 0.254 e. The fraction of sp³-hybridized carbons (Fsp3) is 0. The lowest BCUT2D eigenvalue weighted by molar-refractivity contribution is 0.0997. The molecule has 7 nitrogen and oxygen atoms in total. The molecule has 1 amide bonds. The van der Waals surface area contributed by atoms with Gasteiger partial charge in [0.2, 0.25) is 0 Å². The third-order valence-corrected chi connectivity index (χ3v) is 1.80. The van der Waals surface area contributed by atoms with Crippen molar-refractivity contribution in [3.8, 4) is 11.6 Å². The van der Waals surface area contributed by atoms with Crippen molar-refractivity contribution in [2.24, 2.45) is 5.73 Å². The normalized spacial score (nSPS) is 9.18. The Bertz CT molecular complexity index is 503. The van der Waals surface area contributed by atoms with E-state index in [2.05, 4.69) is 15.2 Å². The Balaban J connectivity index is 0.00000144. The summed E-state index contributed by atoms with van der Waals surface area (Å²) >= 11 is 0. The minimum absolute atomic E-state index is 0. The topological polar surface area (TPSA) is 121 Å². The van der Waals surface area contributed by atoms with Crippen LogP contribution in [0.5, 0.6) is 11.6 Å². The maximum absolute atomic E-state index is 11.1. The molecule has 7 heteroatoms. The van der Waals surface area contributed by atoms with Crippen LogP contribution in [0.3, 0.4) is 0 Å². The summed E-state index contributed by atoms with van der Waals surface area (Å²) in [5.74, 6) is -0.0812. The second-order valence-corrected chi connectivity index (χ2v) is 2.91. The van der Waals surface area contributed by atoms with Crippen molar-refractivity contribution in [1.82, 2.24) is 21.3 Å². The quantitative estimate of drug-likeness (QED) is 0.811. The van der Waals surface area contributed by atoms with Crippen molar-refractivity contribution in [1.29, 1.82) is 0 Å². The average Bonchev–Trinajstić information content (AvgIpc) is 2.31. The third-order valence-electron chi connectivity index (χ3n) is 1.80. The van der Waals surface area contributed by atoms with Gasteiger partial charge in [0, 0.05) is 12.3 Å². The summed E-state index contributed by atoms with van der Waals surface area (Å²) in [6, 6.07) is 4.84. The molecule has 0 spiro atoms. The van der Waals surface area contributed by atoms with E-state index in [0.29, 0.717) is 5.75 Å². The van der Waals surface area contributed by atoms with Crippen LogP contribution in [-0.2, 0) is 0 Å². The van der Waals surface area contributed by atoms with Crippen LogP contribution in [-0.4, -0.2) is 21.1 Å². The molecule has 0 aliphatic heterocycles. The Morgan fingerprint density at radius 3 is 2.76 bits per heavy atom. The molecule has 2 rings (SSSR count). The molecule has 3 radical (unpaired) electrons. The molecule has 0 aliphatic rings. The molecule has 0 bridgehead atoms. The first-order valence-electron chi connectivity index (χ1n) is 4.47. The molecule has 85 valence electrons. The molecule has 17 heavy (non-hydrogen) atoms. The Labute approximate surface area is 97.2 Å². The predicted molar refractivity (Wildman–Crippen MR) is 57.0 cm³/mol. The first-order valence-corrected chi connectivity index (χ1v) is 4.47. The zero-order chi connectivity index (χ0) is 11.4. The predicted octanol–water partition coefficient (Wildman–Crippen LogP) is 0.282. The lowest BCUT2D eigenvalue weighted by Gasteiger charge is -2.05. The maximum Gasteiger partial charge on any atom is 0.254 e. The number of primary amides is 1. The van der Waals surface area contributed by atoms with E-state index in [9.17, 15) is 4.79 Å². The van der Waals surface area contributed by atoms with Gasteiger partial charge in [-0.15, -0.1) is 5.10 Å². The van der Waals surface area contributed by atoms with Gasteiger partial charge in [0.25, 0.3) is 11.8 Å². The van der Waals surface area contributed by atoms with E-state index < -0.39 is 5.91 Å². The average molecular weight is 230 g/mol. The Morgan fingerprint density at radius 1 is 1.29 bits per heavy atom. The Hall–Kier alpha value is -2.54. The first-order chi connectivity index (χ1) is 7.77. The second-order valence-electron chi connectivity index (χ2n) is 2.91. The summed E-state index contributed by atoms with van der Waals surface area (Å²) in [5, 5.41) is 7.32. The van der Waals surface area contributed by atoms with Crippen LogP contribution in [0.15, 0.2) is 36.8 Å². The summed E-state index contributed by atoms with van der Waals surface area (Å²) in [6.07, 6.45) is 4.48. The number of amides is 1. The van der Waals surface area contributed by atoms with Gasteiger partial charge in [-0.3, -0.25) is 9.78 Å². The van der Waals surface area contributed by atoms with E-state index in [1.165, 1.54) is 18.5 Å². The van der Waals surface area contributed by atoms with Gasteiger partial charge < -0.3 is 10.5 Å². The Kier molecular flexibility index (Phi) is 4.07. The van der Waals surface area contributed by atoms with Crippen LogP contribution in [0.1, 0.15) is 10.4 Å². The van der Waals surface area contributed by atoms with Crippen molar-refractivity contribution < 1.29 is 9.53 Å². The largest absolute Gasteiger partial charge is 0.435 e. The fourth-order valence-corrected chi connectivity index (χ4v) is 1.10. The van der Waals surface area contributed by atoms with Gasteiger partial charge in [0.05, 0.1) is 12.4 Å². The van der Waals surface area contributed by atoms with E-state index in [1.54, 1.807) is 18.3 Å². The SMILES string of the molecule is NC(=O)c1ccnnc1Oc1cccnc1.[N]. The van der Waals surface area contributed by atoms with Gasteiger partial charge >= 0.3 is 0 Å². The lowest BCUT2D eigenvalue weighted by atomic mass is 10.3. The van der Waals surface area contributed by atoms with E-state index in [-0.39, 0.29) is 17.6 Å².